The van der Waals surface area contributed by atoms with E-state index in [0.717, 1.165) is 52.6 Å². The van der Waals surface area contributed by atoms with Gasteiger partial charge in [-0.25, -0.2) is 0 Å². The molecule has 4 nitrogen and oxygen atoms in total. The number of quaternary nitrogens is 1. The zero-order valence-electron chi connectivity index (χ0n) is 21.8. The second kappa shape index (κ2) is 8.93. The highest BCUT2D eigenvalue weighted by Gasteiger charge is 2.55. The van der Waals surface area contributed by atoms with Gasteiger partial charge in [0, 0.05) is 35.7 Å². The number of fused-ring (bicyclic) bond motifs is 6. The van der Waals surface area contributed by atoms with Crippen LogP contribution >= 0.6 is 0 Å². The van der Waals surface area contributed by atoms with Gasteiger partial charge in [0.15, 0.2) is 0 Å². The number of benzene rings is 4. The number of rotatable bonds is 5. The van der Waals surface area contributed by atoms with Crippen LogP contribution in [-0.2, 0) is 0 Å². The van der Waals surface area contributed by atoms with E-state index in [1.807, 2.05) is 30.5 Å². The van der Waals surface area contributed by atoms with Crippen LogP contribution in [0.15, 0.2) is 97.7 Å². The van der Waals surface area contributed by atoms with Crippen LogP contribution in [0, 0.1) is 11.8 Å². The minimum Gasteiger partial charge on any atom is -0.497 e. The van der Waals surface area contributed by atoms with Crippen molar-refractivity contribution in [3.8, 4) is 5.75 Å². The molecule has 8 rings (SSSR count). The molecule has 3 fully saturated rings. The molecule has 5 aromatic rings. The summed E-state index contributed by atoms with van der Waals surface area (Å²) in [5.74, 6) is 1.77. The average Bonchev–Trinajstić information content (AvgIpc) is 2.98. The minimum atomic E-state index is -0.628. The van der Waals surface area contributed by atoms with Gasteiger partial charge < -0.3 is 9.84 Å². The molecule has 2 bridgehead atoms. The van der Waals surface area contributed by atoms with E-state index in [2.05, 4.69) is 72.2 Å². The molecule has 38 heavy (non-hydrogen) atoms. The number of pyridine rings is 1. The fourth-order valence-corrected chi connectivity index (χ4v) is 7.47. The molecule has 3 aliphatic rings. The van der Waals surface area contributed by atoms with Crippen LogP contribution in [0.4, 0.5) is 5.69 Å². The second-order valence-electron chi connectivity index (χ2n) is 11.1. The predicted octanol–water partition coefficient (Wildman–Crippen LogP) is 7.19. The molecule has 0 radical (unpaired) electrons. The van der Waals surface area contributed by atoms with Gasteiger partial charge >= 0.3 is 0 Å². The van der Waals surface area contributed by atoms with Gasteiger partial charge in [0.05, 0.1) is 25.7 Å². The lowest BCUT2D eigenvalue weighted by atomic mass is 9.70. The molecular weight excluding hydrogens is 468 g/mol. The summed E-state index contributed by atoms with van der Waals surface area (Å²) in [5, 5.41) is 18.3. The maximum absolute atomic E-state index is 12.2. The van der Waals surface area contributed by atoms with Gasteiger partial charge in [0.25, 0.3) is 0 Å². The summed E-state index contributed by atoms with van der Waals surface area (Å²) in [7, 11) is 1.68. The van der Waals surface area contributed by atoms with Crippen LogP contribution in [0.3, 0.4) is 0 Å². The lowest BCUT2D eigenvalue weighted by Crippen LogP contribution is -2.69. The molecule has 1 unspecified atom stereocenters. The van der Waals surface area contributed by atoms with Gasteiger partial charge in [-0.1, -0.05) is 42.5 Å². The molecule has 0 saturated carbocycles. The number of ether oxygens (including phenoxy) is 1. The maximum Gasteiger partial charge on any atom is 0.141 e. The summed E-state index contributed by atoms with van der Waals surface area (Å²) in [6.07, 6.45) is 5.47. The van der Waals surface area contributed by atoms with Gasteiger partial charge in [-0.3, -0.25) is 9.47 Å². The number of nitrogens with zero attached hydrogens (tertiary/aromatic N) is 2. The van der Waals surface area contributed by atoms with Gasteiger partial charge in [-0.15, -0.1) is 6.58 Å². The fourth-order valence-electron chi connectivity index (χ4n) is 7.47. The van der Waals surface area contributed by atoms with Crippen molar-refractivity contribution in [2.75, 3.05) is 20.2 Å². The van der Waals surface area contributed by atoms with Crippen LogP contribution in [0.25, 0.3) is 32.4 Å². The molecule has 0 amide bonds. The molecule has 3 aliphatic heterocycles. The Morgan fingerprint density at radius 2 is 1.79 bits per heavy atom. The summed E-state index contributed by atoms with van der Waals surface area (Å²) in [6, 6.07) is 27.9. The first-order valence-corrected chi connectivity index (χ1v) is 13.6. The summed E-state index contributed by atoms with van der Waals surface area (Å²) in [6.45, 7) is 6.21. The Kier molecular flexibility index (Phi) is 5.50. The normalized spacial score (nSPS) is 25.6. The molecule has 190 valence electrons. The van der Waals surface area contributed by atoms with Gasteiger partial charge in [-0.05, 0) is 70.1 Å². The van der Waals surface area contributed by atoms with E-state index in [9.17, 15) is 5.11 Å². The first-order valence-electron chi connectivity index (χ1n) is 13.6. The van der Waals surface area contributed by atoms with Gasteiger partial charge in [-0.2, -0.15) is 0 Å². The van der Waals surface area contributed by atoms with Crippen molar-refractivity contribution in [2.24, 2.45) is 11.8 Å². The quantitative estimate of drug-likeness (QED) is 0.157. The van der Waals surface area contributed by atoms with Crippen molar-refractivity contribution in [1.29, 1.82) is 0 Å². The molecule has 5 atom stereocenters. The lowest BCUT2D eigenvalue weighted by molar-refractivity contribution is -0.0387. The van der Waals surface area contributed by atoms with E-state index in [4.69, 9.17) is 4.74 Å². The summed E-state index contributed by atoms with van der Waals surface area (Å²) in [4.78, 5) is 4.58. The topological polar surface area (TPSA) is 42.4 Å². The third-order valence-electron chi connectivity index (χ3n) is 9.39. The molecular formula is C34H33N2O2+. The highest BCUT2D eigenvalue weighted by molar-refractivity contribution is 6.03. The van der Waals surface area contributed by atoms with Crippen LogP contribution in [-0.4, -0.2) is 36.3 Å². The van der Waals surface area contributed by atoms with Crippen LogP contribution < -0.4 is 9.22 Å². The zero-order valence-corrected chi connectivity index (χ0v) is 21.8. The highest BCUT2D eigenvalue weighted by atomic mass is 16.5. The number of hydrogen-bond donors (Lipinski definition) is 1. The highest BCUT2D eigenvalue weighted by Crippen LogP contribution is 2.51. The summed E-state index contributed by atoms with van der Waals surface area (Å²) in [5.41, 5.74) is 3.13. The monoisotopic (exact) mass is 501 g/mol. The average molecular weight is 502 g/mol. The Hall–Kier alpha value is -3.73. The summed E-state index contributed by atoms with van der Waals surface area (Å²) < 4.78 is 6.30. The minimum absolute atomic E-state index is 0.0406. The Labute approximate surface area is 223 Å². The standard InChI is InChI=1S/C34H33N2O2/c1-3-22-21-36(32-10-6-9-26-17-23-7-4-5-8-24(23)18-29(26)32)16-14-25(22)19-33(36)34(37)28-13-15-35-31-12-11-27(38-2)20-30(28)31/h3-13,15,17-18,20,22,25,33-34,37H,1,14,16,19,21H2,2H3/q+1/t22-,25-,33-,34+,36?/m0/s1. The van der Waals surface area contributed by atoms with Crippen LogP contribution in [0.5, 0.6) is 5.75 Å². The van der Waals surface area contributed by atoms with Gasteiger partial charge in [0.1, 0.15) is 23.6 Å². The van der Waals surface area contributed by atoms with Crippen molar-refractivity contribution < 1.29 is 9.84 Å². The first kappa shape index (κ1) is 23.4. The van der Waals surface area contributed by atoms with Crippen molar-refractivity contribution in [3.05, 3.63) is 103 Å². The van der Waals surface area contributed by atoms with Crippen molar-refractivity contribution >= 4 is 38.1 Å². The number of methoxy groups -OCH3 is 1. The number of aliphatic hydroxyl groups excluding tert-OH is 1. The molecule has 4 heterocycles. The molecule has 4 heteroatoms. The Bertz CT molecular complexity index is 1700. The molecule has 0 spiro atoms. The SMILES string of the molecule is C=C[C@H]1C[N+]2(c3cccc4cc5ccccc5cc34)CC[C@H]1C[C@H]2[C@H](O)c1ccnc2ccc(OC)cc12. The Morgan fingerprint density at radius 3 is 2.61 bits per heavy atom. The lowest BCUT2D eigenvalue weighted by Gasteiger charge is -2.57. The molecule has 1 N–H and O–H groups in total. The smallest absolute Gasteiger partial charge is 0.141 e. The van der Waals surface area contributed by atoms with E-state index in [0.29, 0.717) is 11.8 Å². The zero-order chi connectivity index (χ0) is 25.9. The number of aliphatic hydroxyl groups is 1. The van der Waals surface area contributed by atoms with E-state index < -0.39 is 6.10 Å². The van der Waals surface area contributed by atoms with Crippen molar-refractivity contribution in [2.45, 2.75) is 25.0 Å². The maximum atomic E-state index is 12.2. The second-order valence-corrected chi connectivity index (χ2v) is 11.1. The third kappa shape index (κ3) is 3.48. The Balaban J connectivity index is 1.43. The number of aromatic nitrogens is 1. The number of piperidine rings is 3. The Morgan fingerprint density at radius 1 is 0.974 bits per heavy atom. The molecule has 4 aromatic carbocycles. The molecule has 0 aliphatic carbocycles. The van der Waals surface area contributed by atoms with E-state index >= 15 is 0 Å². The van der Waals surface area contributed by atoms with Gasteiger partial charge in [0.2, 0.25) is 0 Å². The van der Waals surface area contributed by atoms with E-state index in [1.54, 1.807) is 7.11 Å². The predicted molar refractivity (Wildman–Crippen MR) is 156 cm³/mol. The fraction of sp³-hybridized carbons (Fsp3) is 0.265. The van der Waals surface area contributed by atoms with E-state index in [-0.39, 0.29) is 6.04 Å². The van der Waals surface area contributed by atoms with Crippen LogP contribution in [0.2, 0.25) is 0 Å². The largest absolute Gasteiger partial charge is 0.497 e. The first-order chi connectivity index (χ1) is 18.6. The van der Waals surface area contributed by atoms with Crippen molar-refractivity contribution in [3.63, 3.8) is 0 Å². The van der Waals surface area contributed by atoms with E-state index in [1.165, 1.54) is 27.2 Å². The molecule has 3 saturated heterocycles. The number of hydrogen-bond acceptors (Lipinski definition) is 3. The third-order valence-corrected chi connectivity index (χ3v) is 9.39. The van der Waals surface area contributed by atoms with Crippen LogP contribution in [0.1, 0.15) is 24.5 Å². The van der Waals surface area contributed by atoms with Crippen molar-refractivity contribution in [1.82, 2.24) is 9.47 Å². The summed E-state index contributed by atoms with van der Waals surface area (Å²) >= 11 is 0. The molecule has 1 aromatic heterocycles.